The lowest BCUT2D eigenvalue weighted by molar-refractivity contribution is 0.0705. The van der Waals surface area contributed by atoms with E-state index in [0.29, 0.717) is 19.8 Å². The predicted octanol–water partition coefficient (Wildman–Crippen LogP) is 2.56. The second-order valence-electron chi connectivity index (χ2n) is 6.07. The summed E-state index contributed by atoms with van der Waals surface area (Å²) in [4.78, 5) is 0. The van der Waals surface area contributed by atoms with Crippen LogP contribution in [0.1, 0.15) is 26.3 Å². The third-order valence-corrected chi connectivity index (χ3v) is 3.30. The van der Waals surface area contributed by atoms with E-state index < -0.39 is 0 Å². The Morgan fingerprint density at radius 1 is 1.18 bits per heavy atom. The highest BCUT2D eigenvalue weighted by Gasteiger charge is 2.17. The first-order valence-electron chi connectivity index (χ1n) is 7.48. The molecule has 5 heteroatoms. The smallest absolute Gasteiger partial charge is 0.145 e. The van der Waals surface area contributed by atoms with Crippen LogP contribution in [0.3, 0.4) is 0 Å². The summed E-state index contributed by atoms with van der Waals surface area (Å²) in [6.07, 6.45) is 3.65. The van der Waals surface area contributed by atoms with Crippen molar-refractivity contribution < 1.29 is 14.6 Å². The first-order chi connectivity index (χ1) is 10.5. The van der Waals surface area contributed by atoms with Gasteiger partial charge in [0.2, 0.25) is 0 Å². The molecule has 0 spiro atoms. The predicted molar refractivity (Wildman–Crippen MR) is 85.7 cm³/mol. The maximum atomic E-state index is 8.68. The Bertz CT molecular complexity index is 574. The molecule has 22 heavy (non-hydrogen) atoms. The summed E-state index contributed by atoms with van der Waals surface area (Å²) in [5, 5.41) is 13.0. The van der Waals surface area contributed by atoms with Crippen molar-refractivity contribution in [3.63, 3.8) is 0 Å². The number of benzene rings is 1. The highest BCUT2D eigenvalue weighted by atomic mass is 16.5. The third-order valence-electron chi connectivity index (χ3n) is 3.30. The van der Waals surface area contributed by atoms with Crippen LogP contribution in [-0.2, 0) is 10.2 Å². The SMILES string of the molecule is CC(C)(C)c1ccc(OCCOCCO)c(-n2cccn2)c1. The Labute approximate surface area is 131 Å². The van der Waals surface area contributed by atoms with Gasteiger partial charge in [0.25, 0.3) is 0 Å². The van der Waals surface area contributed by atoms with Gasteiger partial charge < -0.3 is 14.6 Å². The van der Waals surface area contributed by atoms with Crippen molar-refractivity contribution in [2.75, 3.05) is 26.4 Å². The van der Waals surface area contributed by atoms with Crippen LogP contribution in [0.5, 0.6) is 5.75 Å². The van der Waals surface area contributed by atoms with E-state index in [1.165, 1.54) is 5.56 Å². The third kappa shape index (κ3) is 4.32. The summed E-state index contributed by atoms with van der Waals surface area (Å²) in [5.41, 5.74) is 2.20. The van der Waals surface area contributed by atoms with E-state index in [9.17, 15) is 0 Å². The van der Waals surface area contributed by atoms with Crippen LogP contribution in [0.2, 0.25) is 0 Å². The van der Waals surface area contributed by atoms with Gasteiger partial charge in [-0.25, -0.2) is 4.68 Å². The molecule has 1 heterocycles. The molecule has 1 N–H and O–H groups in total. The van der Waals surface area contributed by atoms with E-state index >= 15 is 0 Å². The van der Waals surface area contributed by atoms with Gasteiger partial charge in [-0.2, -0.15) is 5.10 Å². The summed E-state index contributed by atoms with van der Waals surface area (Å²) in [5.74, 6) is 0.768. The fourth-order valence-corrected chi connectivity index (χ4v) is 2.07. The molecule has 5 nitrogen and oxygen atoms in total. The highest BCUT2D eigenvalue weighted by Crippen LogP contribution is 2.30. The van der Waals surface area contributed by atoms with Gasteiger partial charge in [-0.3, -0.25) is 0 Å². The molecule has 1 aromatic carbocycles. The molecule has 0 aliphatic heterocycles. The Morgan fingerprint density at radius 3 is 2.64 bits per heavy atom. The molecule has 2 rings (SSSR count). The van der Waals surface area contributed by atoms with Crippen molar-refractivity contribution in [2.45, 2.75) is 26.2 Å². The molecule has 0 fully saturated rings. The maximum absolute atomic E-state index is 8.68. The minimum Gasteiger partial charge on any atom is -0.489 e. The number of hydrogen-bond donors (Lipinski definition) is 1. The van der Waals surface area contributed by atoms with Crippen molar-refractivity contribution in [3.8, 4) is 11.4 Å². The van der Waals surface area contributed by atoms with Crippen molar-refractivity contribution in [3.05, 3.63) is 42.2 Å². The first kappa shape index (κ1) is 16.5. The lowest BCUT2D eigenvalue weighted by atomic mass is 9.87. The molecule has 0 bridgehead atoms. The number of ether oxygens (including phenoxy) is 2. The van der Waals surface area contributed by atoms with Gasteiger partial charge in [-0.1, -0.05) is 26.8 Å². The van der Waals surface area contributed by atoms with Gasteiger partial charge in [-0.15, -0.1) is 0 Å². The van der Waals surface area contributed by atoms with Crippen LogP contribution in [0.4, 0.5) is 0 Å². The van der Waals surface area contributed by atoms with E-state index in [1.807, 2.05) is 18.3 Å². The molecule has 0 radical (unpaired) electrons. The molecular weight excluding hydrogens is 280 g/mol. The van der Waals surface area contributed by atoms with Crippen molar-refractivity contribution in [1.82, 2.24) is 9.78 Å². The van der Waals surface area contributed by atoms with Crippen molar-refractivity contribution >= 4 is 0 Å². The molecule has 0 amide bonds. The van der Waals surface area contributed by atoms with Crippen LogP contribution >= 0.6 is 0 Å². The summed E-state index contributed by atoms with van der Waals surface area (Å²) in [6, 6.07) is 8.05. The quantitative estimate of drug-likeness (QED) is 0.799. The summed E-state index contributed by atoms with van der Waals surface area (Å²) >= 11 is 0. The number of rotatable bonds is 7. The molecule has 1 aromatic heterocycles. The zero-order valence-corrected chi connectivity index (χ0v) is 13.5. The molecule has 2 aromatic rings. The van der Waals surface area contributed by atoms with Crippen LogP contribution in [0, 0.1) is 0 Å². The second-order valence-corrected chi connectivity index (χ2v) is 6.07. The maximum Gasteiger partial charge on any atom is 0.145 e. The number of aliphatic hydroxyl groups excluding tert-OH is 1. The van der Waals surface area contributed by atoms with Gasteiger partial charge >= 0.3 is 0 Å². The van der Waals surface area contributed by atoms with Crippen LogP contribution in [0.25, 0.3) is 5.69 Å². The zero-order valence-electron chi connectivity index (χ0n) is 13.5. The Hall–Kier alpha value is -1.85. The summed E-state index contributed by atoms with van der Waals surface area (Å²) in [6.45, 7) is 7.77. The fraction of sp³-hybridized carbons (Fsp3) is 0.471. The largest absolute Gasteiger partial charge is 0.489 e. The van der Waals surface area contributed by atoms with Gasteiger partial charge in [-0.05, 0) is 29.2 Å². The minimum atomic E-state index is 0.0266. The normalized spacial score (nSPS) is 11.6. The van der Waals surface area contributed by atoms with Gasteiger partial charge in [0.15, 0.2) is 0 Å². The molecule has 0 unspecified atom stereocenters. The Kier molecular flexibility index (Phi) is 5.57. The van der Waals surface area contributed by atoms with Gasteiger partial charge in [0.05, 0.1) is 19.8 Å². The highest BCUT2D eigenvalue weighted by molar-refractivity contribution is 5.50. The summed E-state index contributed by atoms with van der Waals surface area (Å²) < 4.78 is 12.8. The molecule has 0 atom stereocenters. The average Bonchev–Trinajstić information content (AvgIpc) is 3.00. The number of aliphatic hydroxyl groups is 1. The van der Waals surface area contributed by atoms with E-state index in [2.05, 4.69) is 38.0 Å². The topological polar surface area (TPSA) is 56.5 Å². The molecular formula is C17H24N2O3. The average molecular weight is 304 g/mol. The second kappa shape index (κ2) is 7.42. The molecule has 0 saturated heterocycles. The lowest BCUT2D eigenvalue weighted by Gasteiger charge is -2.21. The van der Waals surface area contributed by atoms with Gasteiger partial charge in [0, 0.05) is 12.4 Å². The van der Waals surface area contributed by atoms with Crippen LogP contribution in [-0.4, -0.2) is 41.3 Å². The summed E-state index contributed by atoms with van der Waals surface area (Å²) in [7, 11) is 0. The van der Waals surface area contributed by atoms with Crippen LogP contribution in [0.15, 0.2) is 36.7 Å². The van der Waals surface area contributed by atoms with E-state index in [-0.39, 0.29) is 12.0 Å². The van der Waals surface area contributed by atoms with E-state index in [1.54, 1.807) is 10.9 Å². The Morgan fingerprint density at radius 2 is 2.00 bits per heavy atom. The monoisotopic (exact) mass is 304 g/mol. The fourth-order valence-electron chi connectivity index (χ4n) is 2.07. The van der Waals surface area contributed by atoms with Crippen molar-refractivity contribution in [2.24, 2.45) is 0 Å². The minimum absolute atomic E-state index is 0.0266. The lowest BCUT2D eigenvalue weighted by Crippen LogP contribution is -2.14. The molecule has 0 aliphatic rings. The molecule has 120 valence electrons. The molecule has 0 saturated carbocycles. The first-order valence-corrected chi connectivity index (χ1v) is 7.48. The number of nitrogens with zero attached hydrogens (tertiary/aromatic N) is 2. The molecule has 0 aliphatic carbocycles. The van der Waals surface area contributed by atoms with Gasteiger partial charge in [0.1, 0.15) is 18.0 Å². The van der Waals surface area contributed by atoms with Crippen LogP contribution < -0.4 is 4.74 Å². The van der Waals surface area contributed by atoms with E-state index in [0.717, 1.165) is 11.4 Å². The van der Waals surface area contributed by atoms with E-state index in [4.69, 9.17) is 14.6 Å². The number of aromatic nitrogens is 2. The Balaban J connectivity index is 2.18. The van der Waals surface area contributed by atoms with Crippen molar-refractivity contribution in [1.29, 1.82) is 0 Å². The number of hydrogen-bond acceptors (Lipinski definition) is 4. The standard InChI is InChI=1S/C17H24N2O3/c1-17(2,3)14-5-6-16(22-12-11-21-10-9-20)15(13-14)19-8-4-7-18-19/h4-8,13,20H,9-12H2,1-3H3. The zero-order chi connectivity index (χ0) is 16.0.